The van der Waals surface area contributed by atoms with Crippen molar-refractivity contribution in [2.24, 2.45) is 0 Å². The summed E-state index contributed by atoms with van der Waals surface area (Å²) in [5.74, 6) is -0.0290. The van der Waals surface area contributed by atoms with Gasteiger partial charge in [-0.2, -0.15) is 0 Å². The number of likely N-dealkylation sites (N-methyl/N-ethyl adjacent to an activating group) is 1. The molecule has 0 aliphatic heterocycles. The highest BCUT2D eigenvalue weighted by Crippen LogP contribution is 2.07. The van der Waals surface area contributed by atoms with Crippen LogP contribution in [0, 0.1) is 0 Å². The van der Waals surface area contributed by atoms with Gasteiger partial charge < -0.3 is 9.80 Å². The minimum Gasteiger partial charge on any atom is -0.382 e. The maximum Gasteiger partial charge on any atom is 0.261 e. The molecule has 0 bridgehead atoms. The fourth-order valence-corrected chi connectivity index (χ4v) is 1.26. The van der Waals surface area contributed by atoms with Crippen molar-refractivity contribution in [2.45, 2.75) is 0 Å². The van der Waals surface area contributed by atoms with E-state index < -0.39 is 0 Å². The number of halogens is 1. The Bertz CT molecular complexity index is 175. The highest BCUT2D eigenvalue weighted by atomic mass is 79.9. The molecule has 3 nitrogen and oxygen atoms in total. The zero-order chi connectivity index (χ0) is 9.02. The number of nitrogens with zero attached hydrogens (tertiary/aromatic N) is 2. The second-order valence-corrected chi connectivity index (χ2v) is 3.49. The third-order valence-corrected chi connectivity index (χ3v) is 1.53. The van der Waals surface area contributed by atoms with Crippen molar-refractivity contribution in [2.75, 3.05) is 28.2 Å². The Labute approximate surface area is 75.8 Å². The molecule has 0 aliphatic rings. The van der Waals surface area contributed by atoms with Crippen molar-refractivity contribution >= 4 is 21.8 Å². The summed E-state index contributed by atoms with van der Waals surface area (Å²) in [6.45, 7) is 0. The van der Waals surface area contributed by atoms with Crippen molar-refractivity contribution < 1.29 is 4.79 Å². The zero-order valence-corrected chi connectivity index (χ0v) is 8.84. The highest BCUT2D eigenvalue weighted by molar-refractivity contribution is 9.12. The van der Waals surface area contributed by atoms with Gasteiger partial charge >= 0.3 is 0 Å². The fraction of sp³-hybridized carbons (Fsp3) is 0.571. The summed E-state index contributed by atoms with van der Waals surface area (Å²) in [6, 6.07) is 0. The van der Waals surface area contributed by atoms with E-state index in [2.05, 4.69) is 15.9 Å². The molecule has 0 aliphatic carbocycles. The molecule has 0 fully saturated rings. The van der Waals surface area contributed by atoms with E-state index in [1.807, 2.05) is 19.0 Å². The molecule has 11 heavy (non-hydrogen) atoms. The van der Waals surface area contributed by atoms with Crippen molar-refractivity contribution in [1.82, 2.24) is 9.80 Å². The minimum absolute atomic E-state index is 0.0290. The van der Waals surface area contributed by atoms with Crippen LogP contribution in [0.3, 0.4) is 0 Å². The summed E-state index contributed by atoms with van der Waals surface area (Å²) in [5.41, 5.74) is 0. The summed E-state index contributed by atoms with van der Waals surface area (Å²) in [6.07, 6.45) is 1.72. The zero-order valence-electron chi connectivity index (χ0n) is 7.26. The molecular formula is C7H13BrN2O. The molecule has 0 aromatic carbocycles. The van der Waals surface area contributed by atoms with E-state index in [0.717, 1.165) is 0 Å². The van der Waals surface area contributed by atoms with E-state index in [4.69, 9.17) is 0 Å². The molecule has 0 aromatic rings. The van der Waals surface area contributed by atoms with E-state index >= 15 is 0 Å². The molecule has 0 atom stereocenters. The lowest BCUT2D eigenvalue weighted by atomic mass is 10.5. The van der Waals surface area contributed by atoms with Crippen LogP contribution in [-0.2, 0) is 4.79 Å². The predicted molar refractivity (Wildman–Crippen MR) is 49.4 cm³/mol. The molecule has 0 rings (SSSR count). The lowest BCUT2D eigenvalue weighted by molar-refractivity contribution is -0.123. The molecule has 0 aromatic heterocycles. The van der Waals surface area contributed by atoms with Gasteiger partial charge in [-0.15, -0.1) is 0 Å². The summed E-state index contributed by atoms with van der Waals surface area (Å²) in [7, 11) is 7.16. The number of carbonyl (C=O) groups excluding carboxylic acids is 1. The molecule has 0 spiro atoms. The SMILES string of the molecule is CN(C)/C=C(\Br)C(=O)N(C)C. The van der Waals surface area contributed by atoms with Crippen molar-refractivity contribution in [3.63, 3.8) is 0 Å². The third kappa shape index (κ3) is 4.03. The van der Waals surface area contributed by atoms with E-state index in [1.165, 1.54) is 4.90 Å². The minimum atomic E-state index is -0.0290. The Hall–Kier alpha value is -0.510. The molecule has 0 N–H and O–H groups in total. The lowest BCUT2D eigenvalue weighted by Crippen LogP contribution is -2.22. The number of amides is 1. The molecule has 1 amide bonds. The van der Waals surface area contributed by atoms with E-state index in [0.29, 0.717) is 4.48 Å². The standard InChI is InChI=1S/C7H13BrN2O/c1-9(2)5-6(8)7(11)10(3)4/h5H,1-4H3/b6-5-. The van der Waals surface area contributed by atoms with Crippen LogP contribution in [0.25, 0.3) is 0 Å². The van der Waals surface area contributed by atoms with Crippen molar-refractivity contribution in [3.8, 4) is 0 Å². The monoisotopic (exact) mass is 220 g/mol. The number of hydrogen-bond acceptors (Lipinski definition) is 2. The summed E-state index contributed by atoms with van der Waals surface area (Å²) in [5, 5.41) is 0. The summed E-state index contributed by atoms with van der Waals surface area (Å²) >= 11 is 3.17. The Morgan fingerprint density at radius 2 is 1.73 bits per heavy atom. The average molecular weight is 221 g/mol. The molecule has 0 unspecified atom stereocenters. The van der Waals surface area contributed by atoms with Gasteiger partial charge in [0.1, 0.15) is 0 Å². The molecule has 0 heterocycles. The first-order chi connectivity index (χ1) is 4.95. The Balaban J connectivity index is 4.24. The van der Waals surface area contributed by atoms with Crippen LogP contribution in [-0.4, -0.2) is 43.9 Å². The van der Waals surface area contributed by atoms with Gasteiger partial charge in [0.05, 0.1) is 4.48 Å². The lowest BCUT2D eigenvalue weighted by Gasteiger charge is -2.11. The normalized spacial score (nSPS) is 11.2. The molecular weight excluding hydrogens is 208 g/mol. The van der Waals surface area contributed by atoms with E-state index in [1.54, 1.807) is 20.3 Å². The Morgan fingerprint density at radius 1 is 1.27 bits per heavy atom. The summed E-state index contributed by atoms with van der Waals surface area (Å²) in [4.78, 5) is 14.5. The van der Waals surface area contributed by atoms with Crippen LogP contribution in [0.15, 0.2) is 10.7 Å². The van der Waals surface area contributed by atoms with Gasteiger partial charge in [-0.05, 0) is 15.9 Å². The Morgan fingerprint density at radius 3 is 2.00 bits per heavy atom. The largest absolute Gasteiger partial charge is 0.382 e. The fourth-order valence-electron chi connectivity index (χ4n) is 0.496. The molecule has 0 saturated carbocycles. The van der Waals surface area contributed by atoms with Crippen LogP contribution in [0.4, 0.5) is 0 Å². The summed E-state index contributed by atoms with van der Waals surface area (Å²) < 4.78 is 0.563. The average Bonchev–Trinajstić information content (AvgIpc) is 1.84. The Kier molecular flexibility index (Phi) is 4.18. The van der Waals surface area contributed by atoms with E-state index in [9.17, 15) is 4.79 Å². The quantitative estimate of drug-likeness (QED) is 0.646. The third-order valence-electron chi connectivity index (χ3n) is 0.982. The second-order valence-electron chi connectivity index (χ2n) is 2.64. The van der Waals surface area contributed by atoms with Crippen molar-refractivity contribution in [3.05, 3.63) is 10.7 Å². The van der Waals surface area contributed by atoms with Crippen LogP contribution in [0.1, 0.15) is 0 Å². The maximum absolute atomic E-state index is 11.2. The number of carbonyl (C=O) groups is 1. The van der Waals surface area contributed by atoms with Gasteiger partial charge in [-0.3, -0.25) is 4.79 Å². The van der Waals surface area contributed by atoms with Gasteiger partial charge in [0.15, 0.2) is 0 Å². The first-order valence-corrected chi connectivity index (χ1v) is 4.00. The molecule has 64 valence electrons. The molecule has 4 heteroatoms. The number of rotatable bonds is 2. The van der Waals surface area contributed by atoms with Gasteiger partial charge in [0.2, 0.25) is 0 Å². The van der Waals surface area contributed by atoms with Gasteiger partial charge in [0, 0.05) is 34.4 Å². The van der Waals surface area contributed by atoms with Crippen LogP contribution in [0.5, 0.6) is 0 Å². The first kappa shape index (κ1) is 10.5. The van der Waals surface area contributed by atoms with Gasteiger partial charge in [0.25, 0.3) is 5.91 Å². The van der Waals surface area contributed by atoms with Gasteiger partial charge in [-0.25, -0.2) is 0 Å². The topological polar surface area (TPSA) is 23.6 Å². The van der Waals surface area contributed by atoms with E-state index in [-0.39, 0.29) is 5.91 Å². The predicted octanol–water partition coefficient (Wildman–Crippen LogP) is 0.873. The van der Waals surface area contributed by atoms with Crippen LogP contribution in [0.2, 0.25) is 0 Å². The van der Waals surface area contributed by atoms with Gasteiger partial charge in [-0.1, -0.05) is 0 Å². The molecule has 0 radical (unpaired) electrons. The maximum atomic E-state index is 11.2. The second kappa shape index (κ2) is 4.38. The van der Waals surface area contributed by atoms with Crippen molar-refractivity contribution in [1.29, 1.82) is 0 Å². The molecule has 0 saturated heterocycles. The highest BCUT2D eigenvalue weighted by Gasteiger charge is 2.07. The van der Waals surface area contributed by atoms with Crippen LogP contribution < -0.4 is 0 Å². The first-order valence-electron chi connectivity index (χ1n) is 3.20. The number of hydrogen-bond donors (Lipinski definition) is 0. The smallest absolute Gasteiger partial charge is 0.261 e. The van der Waals surface area contributed by atoms with Crippen LogP contribution >= 0.6 is 15.9 Å².